The van der Waals surface area contributed by atoms with E-state index in [1.54, 1.807) is 6.92 Å². The molecule has 1 aromatic carbocycles. The predicted octanol–water partition coefficient (Wildman–Crippen LogP) is 5.36. The third kappa shape index (κ3) is 4.03. The van der Waals surface area contributed by atoms with E-state index in [4.69, 9.17) is 16.3 Å². The lowest BCUT2D eigenvalue weighted by Gasteiger charge is -2.13. The Morgan fingerprint density at radius 1 is 1.17 bits per heavy atom. The van der Waals surface area contributed by atoms with Gasteiger partial charge in [-0.25, -0.2) is 9.78 Å². The Balaban J connectivity index is 2.56. The maximum absolute atomic E-state index is 12.2. The first-order chi connectivity index (χ1) is 11.1. The normalized spacial score (nSPS) is 11.0. The summed E-state index contributed by atoms with van der Waals surface area (Å²) in [5.74, 6) is -0.394. The van der Waals surface area contributed by atoms with Crippen LogP contribution in [0.5, 0.6) is 0 Å². The zero-order chi connectivity index (χ0) is 16.8. The summed E-state index contributed by atoms with van der Waals surface area (Å²) in [5, 5.41) is 1.56. The van der Waals surface area contributed by atoms with Gasteiger partial charge >= 0.3 is 5.97 Å². The van der Waals surface area contributed by atoms with Gasteiger partial charge in [-0.3, -0.25) is 0 Å². The van der Waals surface area contributed by atoms with Gasteiger partial charge in [-0.1, -0.05) is 44.4 Å². The first-order valence-electron chi connectivity index (χ1n) is 8.40. The predicted molar refractivity (Wildman–Crippen MR) is 95.3 cm³/mol. The number of rotatable bonds is 7. The summed E-state index contributed by atoms with van der Waals surface area (Å²) < 4.78 is 5.14. The van der Waals surface area contributed by atoms with Crippen LogP contribution >= 0.6 is 11.6 Å². The molecule has 3 nitrogen and oxygen atoms in total. The smallest absolute Gasteiger partial charge is 0.357 e. The fraction of sp³-hybridized carbons (Fsp3) is 0.474. The maximum atomic E-state index is 12.2. The van der Waals surface area contributed by atoms with Crippen LogP contribution in [-0.2, 0) is 17.6 Å². The van der Waals surface area contributed by atoms with Crippen LogP contribution in [-0.4, -0.2) is 17.6 Å². The average Bonchev–Trinajstić information content (AvgIpc) is 2.55. The average molecular weight is 334 g/mol. The lowest BCUT2D eigenvalue weighted by atomic mass is 10.0. The number of carbonyl (C=O) groups excluding carboxylic acids is 1. The second-order valence-corrected chi connectivity index (χ2v) is 6.06. The Kier molecular flexibility index (Phi) is 6.40. The molecule has 4 heteroatoms. The van der Waals surface area contributed by atoms with Crippen LogP contribution in [0.3, 0.4) is 0 Å². The van der Waals surface area contributed by atoms with Gasteiger partial charge in [0.1, 0.15) is 0 Å². The fourth-order valence-electron chi connectivity index (χ4n) is 2.69. The van der Waals surface area contributed by atoms with Crippen molar-refractivity contribution in [2.75, 3.05) is 6.61 Å². The molecule has 0 aliphatic rings. The minimum atomic E-state index is -0.394. The van der Waals surface area contributed by atoms with E-state index in [9.17, 15) is 4.79 Å². The number of benzene rings is 1. The molecule has 124 valence electrons. The molecule has 0 aliphatic heterocycles. The molecule has 1 aromatic heterocycles. The highest BCUT2D eigenvalue weighted by Gasteiger charge is 2.20. The molecule has 0 saturated heterocycles. The molecule has 0 fully saturated rings. The number of fused-ring (bicyclic) bond motifs is 1. The van der Waals surface area contributed by atoms with Crippen molar-refractivity contribution in [3.8, 4) is 0 Å². The van der Waals surface area contributed by atoms with E-state index in [0.29, 0.717) is 17.3 Å². The number of nitrogens with zero attached hydrogens (tertiary/aromatic N) is 1. The molecule has 0 radical (unpaired) electrons. The highest BCUT2D eigenvalue weighted by molar-refractivity contribution is 6.36. The second kappa shape index (κ2) is 8.30. The van der Waals surface area contributed by atoms with Crippen molar-refractivity contribution in [2.45, 2.75) is 52.9 Å². The maximum Gasteiger partial charge on any atom is 0.357 e. The van der Waals surface area contributed by atoms with Gasteiger partial charge < -0.3 is 4.74 Å². The van der Waals surface area contributed by atoms with Crippen LogP contribution in [0.15, 0.2) is 18.2 Å². The minimum Gasteiger partial charge on any atom is -0.461 e. The summed E-state index contributed by atoms with van der Waals surface area (Å²) in [4.78, 5) is 16.7. The van der Waals surface area contributed by atoms with Gasteiger partial charge in [0.05, 0.1) is 17.1 Å². The van der Waals surface area contributed by atoms with Gasteiger partial charge in [0.15, 0.2) is 5.69 Å². The Bertz CT molecular complexity index is 697. The molecule has 0 atom stereocenters. The lowest BCUT2D eigenvalue weighted by Crippen LogP contribution is -2.12. The molecular weight excluding hydrogens is 310 g/mol. The van der Waals surface area contributed by atoms with E-state index in [1.165, 1.54) is 5.56 Å². The van der Waals surface area contributed by atoms with E-state index in [0.717, 1.165) is 48.6 Å². The highest BCUT2D eigenvalue weighted by atomic mass is 35.5. The quantitative estimate of drug-likeness (QED) is 0.640. The van der Waals surface area contributed by atoms with Crippen molar-refractivity contribution in [3.05, 3.63) is 40.0 Å². The molecule has 0 N–H and O–H groups in total. The molecular formula is C19H24ClNO2. The number of aromatic nitrogens is 1. The summed E-state index contributed by atoms with van der Waals surface area (Å²) in [7, 11) is 0. The molecule has 0 amide bonds. The van der Waals surface area contributed by atoms with E-state index in [1.807, 2.05) is 6.07 Å². The molecule has 0 unspecified atom stereocenters. The van der Waals surface area contributed by atoms with Crippen LogP contribution < -0.4 is 0 Å². The number of ether oxygens (including phenoxy) is 1. The first kappa shape index (κ1) is 17.7. The molecule has 23 heavy (non-hydrogen) atoms. The van der Waals surface area contributed by atoms with Gasteiger partial charge in [-0.2, -0.15) is 0 Å². The van der Waals surface area contributed by atoms with E-state index >= 15 is 0 Å². The zero-order valence-electron chi connectivity index (χ0n) is 14.1. The van der Waals surface area contributed by atoms with E-state index in [2.05, 4.69) is 31.0 Å². The van der Waals surface area contributed by atoms with Crippen molar-refractivity contribution in [1.82, 2.24) is 4.98 Å². The Morgan fingerprint density at radius 3 is 2.61 bits per heavy atom. The van der Waals surface area contributed by atoms with Crippen molar-refractivity contribution in [2.24, 2.45) is 0 Å². The van der Waals surface area contributed by atoms with Crippen LogP contribution in [0.25, 0.3) is 10.9 Å². The lowest BCUT2D eigenvalue weighted by molar-refractivity contribution is 0.0518. The Morgan fingerprint density at radius 2 is 1.96 bits per heavy atom. The summed E-state index contributed by atoms with van der Waals surface area (Å²) in [6, 6.07) is 6.12. The Hall–Kier alpha value is -1.61. The zero-order valence-corrected chi connectivity index (χ0v) is 14.9. The third-order valence-electron chi connectivity index (χ3n) is 3.87. The highest BCUT2D eigenvalue weighted by Crippen LogP contribution is 2.31. The van der Waals surface area contributed by atoms with Gasteiger partial charge in [0, 0.05) is 10.9 Å². The van der Waals surface area contributed by atoms with E-state index < -0.39 is 5.97 Å². The number of unbranched alkanes of at least 4 members (excludes halogenated alkanes) is 1. The largest absolute Gasteiger partial charge is 0.461 e. The number of hydrogen-bond donors (Lipinski definition) is 0. The van der Waals surface area contributed by atoms with Crippen LogP contribution in [0.2, 0.25) is 5.02 Å². The molecule has 0 saturated carbocycles. The van der Waals surface area contributed by atoms with Crippen molar-refractivity contribution < 1.29 is 9.53 Å². The molecule has 0 bridgehead atoms. The number of esters is 1. The summed E-state index contributed by atoms with van der Waals surface area (Å²) >= 11 is 6.63. The van der Waals surface area contributed by atoms with Gasteiger partial charge in [-0.15, -0.1) is 0 Å². The number of pyridine rings is 1. The molecule has 2 rings (SSSR count). The van der Waals surface area contributed by atoms with Gasteiger partial charge in [0.2, 0.25) is 0 Å². The first-order valence-corrected chi connectivity index (χ1v) is 8.78. The summed E-state index contributed by atoms with van der Waals surface area (Å²) in [6.07, 6.45) is 4.96. The number of carbonyl (C=O) groups is 1. The molecule has 1 heterocycles. The molecule has 2 aromatic rings. The molecule has 0 spiro atoms. The van der Waals surface area contributed by atoms with Gasteiger partial charge in [0.25, 0.3) is 0 Å². The summed E-state index contributed by atoms with van der Waals surface area (Å²) in [6.45, 7) is 6.37. The van der Waals surface area contributed by atoms with Crippen molar-refractivity contribution >= 4 is 28.5 Å². The van der Waals surface area contributed by atoms with E-state index in [-0.39, 0.29) is 0 Å². The SMILES string of the molecule is CCCCc1ccc2nc(C(=O)OCC)c(CCC)c(Cl)c2c1. The topological polar surface area (TPSA) is 39.2 Å². The standard InChI is InChI=1S/C19H24ClNO2/c1-4-7-9-13-10-11-16-15(12-13)17(20)14(8-5-2)18(21-16)19(22)23-6-3/h10-12H,4-9H2,1-3H3. The van der Waals surface area contributed by atoms with Crippen molar-refractivity contribution in [3.63, 3.8) is 0 Å². The van der Waals surface area contributed by atoms with Crippen LogP contribution in [0.4, 0.5) is 0 Å². The monoisotopic (exact) mass is 333 g/mol. The van der Waals surface area contributed by atoms with Gasteiger partial charge in [-0.05, 0) is 43.9 Å². The fourth-order valence-corrected chi connectivity index (χ4v) is 3.03. The third-order valence-corrected chi connectivity index (χ3v) is 4.30. The number of hydrogen-bond acceptors (Lipinski definition) is 3. The van der Waals surface area contributed by atoms with Crippen LogP contribution in [0, 0.1) is 0 Å². The molecule has 0 aliphatic carbocycles. The number of halogens is 1. The Labute approximate surface area is 143 Å². The number of aryl methyl sites for hydroxylation is 1. The second-order valence-electron chi connectivity index (χ2n) is 5.68. The van der Waals surface area contributed by atoms with Crippen LogP contribution in [0.1, 0.15) is 61.6 Å². The van der Waals surface area contributed by atoms with Crippen molar-refractivity contribution in [1.29, 1.82) is 0 Å². The minimum absolute atomic E-state index is 0.331. The summed E-state index contributed by atoms with van der Waals surface area (Å²) in [5.41, 5.74) is 3.16.